The molecule has 13 heavy (non-hydrogen) atoms. The lowest BCUT2D eigenvalue weighted by atomic mass is 10.0. The van der Waals surface area contributed by atoms with Gasteiger partial charge in [0, 0.05) is 5.54 Å². The molecule has 1 heterocycles. The van der Waals surface area contributed by atoms with Crippen LogP contribution in [0.5, 0.6) is 0 Å². The molecule has 0 saturated carbocycles. The highest BCUT2D eigenvalue weighted by molar-refractivity contribution is 4.91. The molecule has 1 fully saturated rings. The molecule has 0 aromatic rings. The fraction of sp³-hybridized carbons (Fsp3) is 1.00. The minimum absolute atomic E-state index is 0.251. The quantitative estimate of drug-likeness (QED) is 0.574. The average Bonchev–Trinajstić information content (AvgIpc) is 2.27. The van der Waals surface area contributed by atoms with Gasteiger partial charge in [-0.2, -0.15) is 13.2 Å². The van der Waals surface area contributed by atoms with Gasteiger partial charge in [-0.3, -0.25) is 4.90 Å². The molecule has 1 atom stereocenters. The minimum atomic E-state index is -4.07. The fourth-order valence-corrected chi connectivity index (χ4v) is 1.91. The number of hydrogen-bond donors (Lipinski definition) is 0. The van der Waals surface area contributed by atoms with Gasteiger partial charge in [0.25, 0.3) is 0 Å². The van der Waals surface area contributed by atoms with Crippen LogP contribution in [-0.4, -0.2) is 29.2 Å². The van der Waals surface area contributed by atoms with Crippen molar-refractivity contribution in [3.63, 3.8) is 0 Å². The first-order chi connectivity index (χ1) is 5.73. The molecule has 1 saturated heterocycles. The summed E-state index contributed by atoms with van der Waals surface area (Å²) in [5, 5.41) is 0. The first-order valence-corrected chi connectivity index (χ1v) is 4.56. The lowest BCUT2D eigenvalue weighted by Gasteiger charge is -2.37. The second-order valence-corrected chi connectivity index (χ2v) is 4.56. The van der Waals surface area contributed by atoms with Crippen molar-refractivity contribution in [3.8, 4) is 0 Å². The van der Waals surface area contributed by atoms with Crippen molar-refractivity contribution in [1.29, 1.82) is 0 Å². The maximum Gasteiger partial charge on any atom is 0.404 e. The predicted octanol–water partition coefficient (Wildman–Crippen LogP) is 2.81. The Kier molecular flexibility index (Phi) is 2.63. The van der Waals surface area contributed by atoms with Crippen LogP contribution in [0.3, 0.4) is 0 Å². The van der Waals surface area contributed by atoms with Crippen molar-refractivity contribution in [1.82, 2.24) is 4.90 Å². The Hall–Kier alpha value is -0.250. The Morgan fingerprint density at radius 1 is 1.15 bits per heavy atom. The summed E-state index contributed by atoms with van der Waals surface area (Å²) in [4.78, 5) is 1.55. The zero-order valence-electron chi connectivity index (χ0n) is 8.28. The summed E-state index contributed by atoms with van der Waals surface area (Å²) in [6.45, 7) is 6.05. The molecule has 0 N–H and O–H groups in total. The molecule has 1 aliphatic rings. The highest BCUT2D eigenvalue weighted by atomic mass is 19.4. The molecule has 0 unspecified atom stereocenters. The van der Waals surface area contributed by atoms with Gasteiger partial charge in [-0.15, -0.1) is 0 Å². The van der Waals surface area contributed by atoms with E-state index in [1.54, 1.807) is 4.90 Å². The molecule has 1 rings (SSSR count). The first-order valence-electron chi connectivity index (χ1n) is 4.56. The van der Waals surface area contributed by atoms with Crippen LogP contribution in [-0.2, 0) is 0 Å². The van der Waals surface area contributed by atoms with Gasteiger partial charge in [-0.25, -0.2) is 0 Å². The lowest BCUT2D eigenvalue weighted by Crippen LogP contribution is -2.50. The molecule has 0 aromatic heterocycles. The highest BCUT2D eigenvalue weighted by Gasteiger charge is 2.48. The molecule has 1 aliphatic heterocycles. The van der Waals surface area contributed by atoms with E-state index >= 15 is 0 Å². The van der Waals surface area contributed by atoms with Gasteiger partial charge in [-0.05, 0) is 40.2 Å². The van der Waals surface area contributed by atoms with Crippen LogP contribution in [0.2, 0.25) is 0 Å². The Morgan fingerprint density at radius 2 is 1.69 bits per heavy atom. The zero-order chi connectivity index (χ0) is 10.3. The van der Waals surface area contributed by atoms with Crippen molar-refractivity contribution in [2.45, 2.75) is 51.4 Å². The molecule has 0 bridgehead atoms. The van der Waals surface area contributed by atoms with Crippen LogP contribution in [0, 0.1) is 0 Å². The molecule has 0 aliphatic carbocycles. The summed E-state index contributed by atoms with van der Waals surface area (Å²) >= 11 is 0. The third-order valence-electron chi connectivity index (χ3n) is 2.49. The second-order valence-electron chi connectivity index (χ2n) is 4.56. The SMILES string of the molecule is CC(C)(C)N1CCC[C@H]1C(F)(F)F. The molecule has 78 valence electrons. The van der Waals surface area contributed by atoms with Crippen LogP contribution >= 0.6 is 0 Å². The third kappa shape index (κ3) is 2.36. The number of likely N-dealkylation sites (tertiary alicyclic amines) is 1. The van der Waals surface area contributed by atoms with E-state index < -0.39 is 12.2 Å². The number of alkyl halides is 3. The molecule has 4 heteroatoms. The Bertz CT molecular complexity index is 160. The van der Waals surface area contributed by atoms with Crippen molar-refractivity contribution in [3.05, 3.63) is 0 Å². The van der Waals surface area contributed by atoms with Gasteiger partial charge in [0.15, 0.2) is 0 Å². The summed E-state index contributed by atoms with van der Waals surface area (Å²) in [6.07, 6.45) is -3.16. The lowest BCUT2D eigenvalue weighted by molar-refractivity contribution is -0.186. The van der Waals surface area contributed by atoms with Crippen molar-refractivity contribution >= 4 is 0 Å². The number of halogens is 3. The van der Waals surface area contributed by atoms with E-state index in [1.807, 2.05) is 20.8 Å². The van der Waals surface area contributed by atoms with E-state index in [1.165, 1.54) is 0 Å². The molecule has 0 radical (unpaired) electrons. The number of hydrogen-bond acceptors (Lipinski definition) is 1. The van der Waals surface area contributed by atoms with Gasteiger partial charge in [0.05, 0.1) is 0 Å². The van der Waals surface area contributed by atoms with E-state index in [-0.39, 0.29) is 12.0 Å². The molecule has 0 amide bonds. The van der Waals surface area contributed by atoms with Crippen molar-refractivity contribution in [2.75, 3.05) is 6.54 Å². The molecule has 1 nitrogen and oxygen atoms in total. The summed E-state index contributed by atoms with van der Waals surface area (Å²) in [6, 6.07) is -1.23. The average molecular weight is 195 g/mol. The van der Waals surface area contributed by atoms with Crippen LogP contribution in [0.4, 0.5) is 13.2 Å². The maximum absolute atomic E-state index is 12.5. The normalized spacial score (nSPS) is 26.8. The predicted molar refractivity (Wildman–Crippen MR) is 45.5 cm³/mol. The fourth-order valence-electron chi connectivity index (χ4n) is 1.91. The summed E-state index contributed by atoms with van der Waals surface area (Å²) in [5.41, 5.74) is -0.378. The summed E-state index contributed by atoms with van der Waals surface area (Å²) in [5.74, 6) is 0. The Balaban J connectivity index is 2.76. The monoisotopic (exact) mass is 195 g/mol. The topological polar surface area (TPSA) is 3.24 Å². The van der Waals surface area contributed by atoms with E-state index in [4.69, 9.17) is 0 Å². The van der Waals surface area contributed by atoms with E-state index in [9.17, 15) is 13.2 Å². The van der Waals surface area contributed by atoms with Crippen LogP contribution in [0.25, 0.3) is 0 Å². The highest BCUT2D eigenvalue weighted by Crippen LogP contribution is 2.36. The summed E-state index contributed by atoms with van der Waals surface area (Å²) in [7, 11) is 0. The Labute approximate surface area is 76.9 Å². The molecular weight excluding hydrogens is 179 g/mol. The second kappa shape index (κ2) is 3.15. The van der Waals surface area contributed by atoms with Gasteiger partial charge in [0.2, 0.25) is 0 Å². The molecular formula is C9H16F3N. The molecule has 0 spiro atoms. The van der Waals surface area contributed by atoms with Gasteiger partial charge >= 0.3 is 6.18 Å². The summed E-state index contributed by atoms with van der Waals surface area (Å²) < 4.78 is 37.5. The largest absolute Gasteiger partial charge is 0.404 e. The van der Waals surface area contributed by atoms with Crippen LogP contribution in [0.1, 0.15) is 33.6 Å². The van der Waals surface area contributed by atoms with Crippen molar-refractivity contribution in [2.24, 2.45) is 0 Å². The standard InChI is InChI=1S/C9H16F3N/c1-8(2,3)13-6-4-5-7(13)9(10,11)12/h7H,4-6H2,1-3H3/t7-/m0/s1. The van der Waals surface area contributed by atoms with Gasteiger partial charge < -0.3 is 0 Å². The van der Waals surface area contributed by atoms with Gasteiger partial charge in [-0.1, -0.05) is 0 Å². The third-order valence-corrected chi connectivity index (χ3v) is 2.49. The zero-order valence-corrected chi connectivity index (χ0v) is 8.28. The number of nitrogens with zero attached hydrogens (tertiary/aromatic N) is 1. The minimum Gasteiger partial charge on any atom is -0.287 e. The Morgan fingerprint density at radius 3 is 2.00 bits per heavy atom. The van der Waals surface area contributed by atoms with E-state index in [0.717, 1.165) is 0 Å². The van der Waals surface area contributed by atoms with E-state index in [2.05, 4.69) is 0 Å². The van der Waals surface area contributed by atoms with Crippen LogP contribution in [0.15, 0.2) is 0 Å². The van der Waals surface area contributed by atoms with Gasteiger partial charge in [0.1, 0.15) is 6.04 Å². The first kappa shape index (κ1) is 10.8. The van der Waals surface area contributed by atoms with Crippen molar-refractivity contribution < 1.29 is 13.2 Å². The van der Waals surface area contributed by atoms with Crippen LogP contribution < -0.4 is 0 Å². The number of rotatable bonds is 0. The maximum atomic E-state index is 12.5. The molecule has 0 aromatic carbocycles. The smallest absolute Gasteiger partial charge is 0.287 e. The van der Waals surface area contributed by atoms with E-state index in [0.29, 0.717) is 13.0 Å².